The van der Waals surface area contributed by atoms with Crippen molar-refractivity contribution in [3.8, 4) is 11.3 Å². The summed E-state index contributed by atoms with van der Waals surface area (Å²) in [6, 6.07) is 11.1. The molecule has 2 aliphatic heterocycles. The molecule has 1 atom stereocenters. The number of hydrogen-bond acceptors (Lipinski definition) is 3. The molecule has 0 saturated carbocycles. The molecule has 132 valence electrons. The van der Waals surface area contributed by atoms with E-state index in [-0.39, 0.29) is 24.4 Å². The lowest BCUT2D eigenvalue weighted by molar-refractivity contribution is 0.0256. The lowest BCUT2D eigenvalue weighted by Crippen LogP contribution is -2.21. The smallest absolute Gasteiger partial charge is 0.275 e. The first-order valence-electron chi connectivity index (χ1n) is 8.81. The Kier molecular flexibility index (Phi) is 3.55. The van der Waals surface area contributed by atoms with Gasteiger partial charge in [0, 0.05) is 28.1 Å². The highest BCUT2D eigenvalue weighted by atomic mass is 19.1. The van der Waals surface area contributed by atoms with Crippen LogP contribution in [-0.4, -0.2) is 17.4 Å². The monoisotopic (exact) mass is 351 g/mol. The largest absolute Gasteiger partial charge is 0.354 e. The standard InChI is InChI=1S/C20H18FN3O2/c21-15-9-11(16-5-2-8-22-16)6-7-12(15)19-14-10-26-24-20(25)13-3-1-4-17(23-19)18(13)14/h1,3-4,6-7,9,16,22-23H,2,5,8,10H2,(H,24,25). The van der Waals surface area contributed by atoms with Gasteiger partial charge in [-0.05, 0) is 49.2 Å². The van der Waals surface area contributed by atoms with Crippen LogP contribution in [0, 0.1) is 5.82 Å². The number of carbonyl (C=O) groups excluding carboxylic acids is 1. The Morgan fingerprint density at radius 3 is 2.88 bits per heavy atom. The number of benzene rings is 2. The van der Waals surface area contributed by atoms with E-state index in [1.807, 2.05) is 18.2 Å². The molecule has 1 unspecified atom stereocenters. The summed E-state index contributed by atoms with van der Waals surface area (Å²) in [5, 5.41) is 4.18. The molecule has 3 heterocycles. The number of nitrogens with one attached hydrogen (secondary N) is 3. The van der Waals surface area contributed by atoms with E-state index in [2.05, 4.69) is 15.8 Å². The van der Waals surface area contributed by atoms with Gasteiger partial charge in [0.05, 0.1) is 11.3 Å². The summed E-state index contributed by atoms with van der Waals surface area (Å²) in [5.41, 5.74) is 6.66. The van der Waals surface area contributed by atoms with Crippen LogP contribution >= 0.6 is 0 Å². The number of hydrogen-bond donors (Lipinski definition) is 3. The molecule has 6 heteroatoms. The number of amides is 1. The van der Waals surface area contributed by atoms with Crippen LogP contribution in [0.15, 0.2) is 36.4 Å². The predicted octanol–water partition coefficient (Wildman–Crippen LogP) is 3.57. The van der Waals surface area contributed by atoms with Crippen molar-refractivity contribution < 1.29 is 14.0 Å². The molecule has 3 aromatic rings. The quantitative estimate of drug-likeness (QED) is 0.661. The second kappa shape index (κ2) is 5.93. The minimum absolute atomic E-state index is 0.184. The average Bonchev–Trinajstić information content (AvgIpc) is 3.26. The van der Waals surface area contributed by atoms with Gasteiger partial charge in [-0.1, -0.05) is 12.1 Å². The summed E-state index contributed by atoms with van der Waals surface area (Å²) in [4.78, 5) is 20.7. The second-order valence-electron chi connectivity index (χ2n) is 6.81. The zero-order valence-electron chi connectivity index (χ0n) is 14.1. The fourth-order valence-corrected chi connectivity index (χ4v) is 4.03. The molecule has 1 aromatic heterocycles. The van der Waals surface area contributed by atoms with Crippen LogP contribution in [0.1, 0.15) is 40.4 Å². The zero-order chi connectivity index (χ0) is 17.7. The van der Waals surface area contributed by atoms with Crippen molar-refractivity contribution in [1.82, 2.24) is 15.8 Å². The number of hydroxylamine groups is 1. The lowest BCUT2D eigenvalue weighted by Gasteiger charge is -2.12. The van der Waals surface area contributed by atoms with Crippen LogP contribution in [-0.2, 0) is 11.4 Å². The third kappa shape index (κ3) is 2.34. The van der Waals surface area contributed by atoms with Gasteiger partial charge >= 0.3 is 0 Å². The van der Waals surface area contributed by atoms with E-state index in [1.54, 1.807) is 18.2 Å². The van der Waals surface area contributed by atoms with Crippen LogP contribution in [0.2, 0.25) is 0 Å². The van der Waals surface area contributed by atoms with Crippen molar-refractivity contribution in [2.45, 2.75) is 25.5 Å². The van der Waals surface area contributed by atoms with Crippen LogP contribution in [0.25, 0.3) is 22.2 Å². The number of aromatic nitrogens is 1. The second-order valence-corrected chi connectivity index (χ2v) is 6.81. The van der Waals surface area contributed by atoms with Crippen LogP contribution in [0.3, 0.4) is 0 Å². The van der Waals surface area contributed by atoms with E-state index in [4.69, 9.17) is 4.84 Å². The zero-order valence-corrected chi connectivity index (χ0v) is 14.1. The highest BCUT2D eigenvalue weighted by Crippen LogP contribution is 2.36. The summed E-state index contributed by atoms with van der Waals surface area (Å²) < 4.78 is 15.0. The molecule has 26 heavy (non-hydrogen) atoms. The van der Waals surface area contributed by atoms with Crippen molar-refractivity contribution in [2.24, 2.45) is 0 Å². The average molecular weight is 351 g/mol. The molecule has 2 aliphatic rings. The molecule has 0 bridgehead atoms. The molecule has 1 amide bonds. The van der Waals surface area contributed by atoms with Gasteiger partial charge in [-0.25, -0.2) is 9.87 Å². The first kappa shape index (κ1) is 15.5. The van der Waals surface area contributed by atoms with E-state index in [0.717, 1.165) is 41.4 Å². The maximum Gasteiger partial charge on any atom is 0.275 e. The van der Waals surface area contributed by atoms with Gasteiger partial charge < -0.3 is 10.3 Å². The Morgan fingerprint density at radius 1 is 1.15 bits per heavy atom. The number of halogens is 1. The third-order valence-electron chi connectivity index (χ3n) is 5.28. The van der Waals surface area contributed by atoms with Crippen LogP contribution in [0.5, 0.6) is 0 Å². The van der Waals surface area contributed by atoms with E-state index >= 15 is 0 Å². The molecule has 2 aromatic carbocycles. The fraction of sp³-hybridized carbons (Fsp3) is 0.250. The molecule has 0 spiro atoms. The summed E-state index contributed by atoms with van der Waals surface area (Å²) in [6.45, 7) is 1.16. The topological polar surface area (TPSA) is 66.2 Å². The summed E-state index contributed by atoms with van der Waals surface area (Å²) in [6.07, 6.45) is 2.14. The Morgan fingerprint density at radius 2 is 2.08 bits per heavy atom. The van der Waals surface area contributed by atoms with Crippen molar-refractivity contribution in [3.63, 3.8) is 0 Å². The first-order valence-corrected chi connectivity index (χ1v) is 8.81. The van der Waals surface area contributed by atoms with E-state index in [9.17, 15) is 9.18 Å². The molecule has 0 aliphatic carbocycles. The summed E-state index contributed by atoms with van der Waals surface area (Å²) in [5.74, 6) is -0.563. The van der Waals surface area contributed by atoms with Gasteiger partial charge in [-0.2, -0.15) is 0 Å². The summed E-state index contributed by atoms with van der Waals surface area (Å²) >= 11 is 0. The van der Waals surface area contributed by atoms with Gasteiger partial charge in [0.15, 0.2) is 0 Å². The van der Waals surface area contributed by atoms with Crippen molar-refractivity contribution in [1.29, 1.82) is 0 Å². The van der Waals surface area contributed by atoms with Gasteiger partial charge in [-0.15, -0.1) is 0 Å². The Hall–Kier alpha value is -2.70. The number of aromatic amines is 1. The van der Waals surface area contributed by atoms with E-state index < -0.39 is 0 Å². The first-order chi connectivity index (χ1) is 12.7. The SMILES string of the molecule is O=C1NOCc2c(-c3ccc(C4CCCN4)cc3F)[nH]c3cccc1c23. The van der Waals surface area contributed by atoms with Crippen LogP contribution < -0.4 is 10.8 Å². The Bertz CT molecular complexity index is 1020. The molecule has 3 N–H and O–H groups in total. The Balaban J connectivity index is 1.66. The molecule has 5 rings (SSSR count). The van der Waals surface area contributed by atoms with Crippen molar-refractivity contribution in [3.05, 3.63) is 58.9 Å². The van der Waals surface area contributed by atoms with Gasteiger partial charge in [0.25, 0.3) is 5.91 Å². The highest BCUT2D eigenvalue weighted by molar-refractivity contribution is 6.09. The third-order valence-corrected chi connectivity index (χ3v) is 5.28. The number of H-pyrrole nitrogens is 1. The van der Waals surface area contributed by atoms with Crippen LogP contribution in [0.4, 0.5) is 4.39 Å². The molecule has 1 saturated heterocycles. The number of carbonyl (C=O) groups is 1. The van der Waals surface area contributed by atoms with E-state index in [0.29, 0.717) is 16.8 Å². The molecular formula is C20H18FN3O2. The molecule has 1 fully saturated rings. The molecule has 0 radical (unpaired) electrons. The highest BCUT2D eigenvalue weighted by Gasteiger charge is 2.25. The summed E-state index contributed by atoms with van der Waals surface area (Å²) in [7, 11) is 0. The van der Waals surface area contributed by atoms with Crippen molar-refractivity contribution in [2.75, 3.05) is 6.54 Å². The number of rotatable bonds is 2. The van der Waals surface area contributed by atoms with Gasteiger partial charge in [0.2, 0.25) is 0 Å². The maximum absolute atomic E-state index is 15.0. The van der Waals surface area contributed by atoms with Crippen molar-refractivity contribution >= 4 is 16.8 Å². The molecule has 5 nitrogen and oxygen atoms in total. The predicted molar refractivity (Wildman–Crippen MR) is 95.9 cm³/mol. The maximum atomic E-state index is 15.0. The fourth-order valence-electron chi connectivity index (χ4n) is 4.03. The molecular weight excluding hydrogens is 333 g/mol. The minimum atomic E-state index is -0.289. The normalized spacial score (nSPS) is 19.6. The Labute approximate surface area is 149 Å². The van der Waals surface area contributed by atoms with Gasteiger partial charge in [-0.3, -0.25) is 9.63 Å². The van der Waals surface area contributed by atoms with E-state index in [1.165, 1.54) is 0 Å². The lowest BCUT2D eigenvalue weighted by atomic mass is 9.99. The minimum Gasteiger partial charge on any atom is -0.354 e. The van der Waals surface area contributed by atoms with Gasteiger partial charge in [0.1, 0.15) is 12.4 Å².